The van der Waals surface area contributed by atoms with E-state index in [0.29, 0.717) is 5.33 Å². The fraction of sp³-hybridized carbons (Fsp3) is 0.167. The lowest BCUT2D eigenvalue weighted by Crippen LogP contribution is -1.92. The van der Waals surface area contributed by atoms with Crippen molar-refractivity contribution in [3.05, 3.63) is 33.1 Å². The van der Waals surface area contributed by atoms with Gasteiger partial charge in [-0.1, -0.05) is 27.5 Å². The quantitative estimate of drug-likeness (QED) is 0.351. The van der Waals surface area contributed by atoms with E-state index < -0.39 is 4.92 Å². The predicted molar refractivity (Wildman–Crippen MR) is 48.5 cm³/mol. The van der Waals surface area contributed by atoms with E-state index in [0.717, 1.165) is 5.56 Å². The number of halogens is 2. The van der Waals surface area contributed by atoms with Crippen molar-refractivity contribution in [2.24, 2.45) is 0 Å². The SMILES string of the molecule is O=[N+]([O-])c1cc(CBr)cnc1Cl. The van der Waals surface area contributed by atoms with E-state index in [2.05, 4.69) is 20.9 Å². The minimum Gasteiger partial charge on any atom is -0.258 e. The van der Waals surface area contributed by atoms with Gasteiger partial charge in [0.05, 0.1) is 4.92 Å². The molecule has 0 atom stereocenters. The first kappa shape index (κ1) is 9.41. The fourth-order valence-electron chi connectivity index (χ4n) is 0.679. The highest BCUT2D eigenvalue weighted by atomic mass is 79.9. The van der Waals surface area contributed by atoms with Crippen LogP contribution in [0.3, 0.4) is 0 Å². The average Bonchev–Trinajstić information content (AvgIpc) is 2.05. The van der Waals surface area contributed by atoms with Crippen LogP contribution in [0, 0.1) is 10.1 Å². The van der Waals surface area contributed by atoms with Gasteiger partial charge in [0.15, 0.2) is 0 Å². The molecule has 0 unspecified atom stereocenters. The average molecular weight is 251 g/mol. The van der Waals surface area contributed by atoms with E-state index in [1.54, 1.807) is 0 Å². The maximum absolute atomic E-state index is 10.4. The number of aromatic nitrogens is 1. The smallest absolute Gasteiger partial charge is 0.258 e. The highest BCUT2D eigenvalue weighted by Gasteiger charge is 2.13. The Balaban J connectivity index is 3.17. The molecule has 6 heteroatoms. The lowest BCUT2D eigenvalue weighted by Gasteiger charge is -1.96. The molecule has 0 fully saturated rings. The third-order valence-corrected chi connectivity index (χ3v) is 2.17. The molecule has 0 radical (unpaired) electrons. The Bertz CT molecular complexity index is 318. The van der Waals surface area contributed by atoms with Crippen LogP contribution >= 0.6 is 27.5 Å². The van der Waals surface area contributed by atoms with Gasteiger partial charge in [-0.25, -0.2) is 4.98 Å². The summed E-state index contributed by atoms with van der Waals surface area (Å²) in [6.07, 6.45) is 1.49. The Morgan fingerprint density at radius 3 is 2.92 bits per heavy atom. The van der Waals surface area contributed by atoms with Crippen LogP contribution in [0.1, 0.15) is 5.56 Å². The second kappa shape index (κ2) is 3.82. The van der Waals surface area contributed by atoms with Crippen LogP contribution in [-0.4, -0.2) is 9.91 Å². The van der Waals surface area contributed by atoms with Gasteiger partial charge in [-0.15, -0.1) is 0 Å². The zero-order chi connectivity index (χ0) is 9.14. The lowest BCUT2D eigenvalue weighted by molar-refractivity contribution is -0.385. The molecule has 0 saturated heterocycles. The van der Waals surface area contributed by atoms with Crippen molar-refractivity contribution in [1.82, 2.24) is 4.98 Å². The normalized spacial score (nSPS) is 9.83. The molecule has 1 aromatic rings. The largest absolute Gasteiger partial charge is 0.306 e. The number of hydrogen-bond donors (Lipinski definition) is 0. The molecule has 1 heterocycles. The summed E-state index contributed by atoms with van der Waals surface area (Å²) < 4.78 is 0. The van der Waals surface area contributed by atoms with Crippen LogP contribution < -0.4 is 0 Å². The van der Waals surface area contributed by atoms with Gasteiger partial charge in [-0.05, 0) is 5.56 Å². The second-order valence-corrected chi connectivity index (χ2v) is 2.96. The minimum atomic E-state index is -0.554. The predicted octanol–water partition coefficient (Wildman–Crippen LogP) is 2.54. The lowest BCUT2D eigenvalue weighted by atomic mass is 10.3. The topological polar surface area (TPSA) is 56.0 Å². The van der Waals surface area contributed by atoms with E-state index in [1.807, 2.05) is 0 Å². The number of rotatable bonds is 2. The molecular formula is C6H4BrClN2O2. The summed E-state index contributed by atoms with van der Waals surface area (Å²) in [6.45, 7) is 0. The van der Waals surface area contributed by atoms with Crippen molar-refractivity contribution < 1.29 is 4.92 Å². The summed E-state index contributed by atoms with van der Waals surface area (Å²) in [4.78, 5) is 13.5. The Morgan fingerprint density at radius 2 is 2.42 bits per heavy atom. The van der Waals surface area contributed by atoms with Crippen molar-refractivity contribution >= 4 is 33.2 Å². The molecule has 0 aliphatic rings. The number of nitrogens with zero attached hydrogens (tertiary/aromatic N) is 2. The molecule has 0 bridgehead atoms. The molecule has 0 amide bonds. The van der Waals surface area contributed by atoms with E-state index in [9.17, 15) is 10.1 Å². The monoisotopic (exact) mass is 250 g/mol. The zero-order valence-electron chi connectivity index (χ0n) is 5.83. The van der Waals surface area contributed by atoms with Gasteiger partial charge in [0.25, 0.3) is 0 Å². The van der Waals surface area contributed by atoms with E-state index in [1.165, 1.54) is 12.3 Å². The molecule has 4 nitrogen and oxygen atoms in total. The minimum absolute atomic E-state index is 0.0790. The Labute approximate surface area is 81.8 Å². The highest BCUT2D eigenvalue weighted by molar-refractivity contribution is 9.08. The van der Waals surface area contributed by atoms with Crippen LogP contribution in [0.15, 0.2) is 12.3 Å². The van der Waals surface area contributed by atoms with Gasteiger partial charge < -0.3 is 0 Å². The van der Waals surface area contributed by atoms with Crippen molar-refractivity contribution in [2.45, 2.75) is 5.33 Å². The molecule has 0 aliphatic heterocycles. The maximum Gasteiger partial charge on any atom is 0.306 e. The number of hydrogen-bond acceptors (Lipinski definition) is 3. The molecule has 64 valence electrons. The van der Waals surface area contributed by atoms with Gasteiger partial charge >= 0.3 is 5.69 Å². The molecule has 1 rings (SSSR count). The molecular weight excluding hydrogens is 247 g/mol. The molecule has 0 spiro atoms. The third kappa shape index (κ3) is 1.92. The summed E-state index contributed by atoms with van der Waals surface area (Å²) in [5, 5.41) is 10.8. The summed E-state index contributed by atoms with van der Waals surface area (Å²) in [6, 6.07) is 1.39. The van der Waals surface area contributed by atoms with Gasteiger partial charge in [-0.3, -0.25) is 10.1 Å². The second-order valence-electron chi connectivity index (χ2n) is 2.04. The summed E-state index contributed by atoms with van der Waals surface area (Å²) in [5.41, 5.74) is 0.569. The first-order valence-electron chi connectivity index (χ1n) is 3.00. The van der Waals surface area contributed by atoms with Crippen LogP contribution in [0.5, 0.6) is 0 Å². The Morgan fingerprint density at radius 1 is 1.75 bits per heavy atom. The van der Waals surface area contributed by atoms with E-state index >= 15 is 0 Å². The van der Waals surface area contributed by atoms with Crippen molar-refractivity contribution in [3.8, 4) is 0 Å². The molecule has 12 heavy (non-hydrogen) atoms. The zero-order valence-corrected chi connectivity index (χ0v) is 8.17. The standard InChI is InChI=1S/C6H4BrClN2O2/c7-2-4-1-5(10(11)12)6(8)9-3-4/h1,3H,2H2. The van der Waals surface area contributed by atoms with Crippen molar-refractivity contribution in [1.29, 1.82) is 0 Å². The first-order valence-corrected chi connectivity index (χ1v) is 4.50. The van der Waals surface area contributed by atoms with E-state index in [4.69, 9.17) is 11.6 Å². The number of alkyl halides is 1. The van der Waals surface area contributed by atoms with Crippen LogP contribution in [0.4, 0.5) is 5.69 Å². The first-order chi connectivity index (χ1) is 5.65. The molecule has 0 aliphatic carbocycles. The number of pyridine rings is 1. The van der Waals surface area contributed by atoms with E-state index in [-0.39, 0.29) is 10.8 Å². The van der Waals surface area contributed by atoms with Gasteiger partial charge in [0.2, 0.25) is 5.15 Å². The van der Waals surface area contributed by atoms with Gasteiger partial charge in [0.1, 0.15) is 0 Å². The fourth-order valence-corrected chi connectivity index (χ4v) is 1.16. The summed E-state index contributed by atoms with van der Waals surface area (Å²) >= 11 is 8.64. The molecule has 0 aromatic carbocycles. The van der Waals surface area contributed by atoms with Crippen LogP contribution in [-0.2, 0) is 5.33 Å². The summed E-state index contributed by atoms with van der Waals surface area (Å²) in [5.74, 6) is 0. The van der Waals surface area contributed by atoms with Gasteiger partial charge in [0, 0.05) is 17.6 Å². The van der Waals surface area contributed by atoms with Crippen LogP contribution in [0.2, 0.25) is 5.15 Å². The van der Waals surface area contributed by atoms with Crippen LogP contribution in [0.25, 0.3) is 0 Å². The van der Waals surface area contributed by atoms with Crippen molar-refractivity contribution in [3.63, 3.8) is 0 Å². The Hall–Kier alpha value is -0.680. The molecule has 0 saturated carbocycles. The van der Waals surface area contributed by atoms with Crippen molar-refractivity contribution in [2.75, 3.05) is 0 Å². The summed E-state index contributed by atoms with van der Waals surface area (Å²) in [7, 11) is 0. The molecule has 1 aromatic heterocycles. The Kier molecular flexibility index (Phi) is 2.99. The number of nitro groups is 1. The molecule has 0 N–H and O–H groups in total. The maximum atomic E-state index is 10.4. The van der Waals surface area contributed by atoms with Gasteiger partial charge in [-0.2, -0.15) is 0 Å². The highest BCUT2D eigenvalue weighted by Crippen LogP contribution is 2.22. The third-order valence-electron chi connectivity index (χ3n) is 1.23.